The molecule has 6 heterocycles. The molecule has 6 nitrogen and oxygen atoms in total. The van der Waals surface area contributed by atoms with Crippen molar-refractivity contribution in [2.45, 2.75) is 210 Å². The van der Waals surface area contributed by atoms with E-state index in [9.17, 15) is 0 Å². The van der Waals surface area contributed by atoms with E-state index in [1.807, 2.05) is 0 Å². The Bertz CT molecular complexity index is 1770. The molecule has 0 amide bonds. The molecule has 13 aliphatic rings. The number of ether oxygens (including phenoxy) is 4. The van der Waals surface area contributed by atoms with Crippen molar-refractivity contribution in [1.29, 1.82) is 0 Å². The maximum Gasteiger partial charge on any atom is 0.0877 e. The average Bonchev–Trinajstić information content (AvgIpc) is 3.28. The molecule has 0 bridgehead atoms. The number of rotatable bonds is 2. The molecule has 0 radical (unpaired) electrons. The number of para-hydroxylation sites is 2. The van der Waals surface area contributed by atoms with E-state index in [1.165, 1.54) is 114 Å². The number of benzene rings is 2. The third-order valence-corrected chi connectivity index (χ3v) is 27.7. The van der Waals surface area contributed by atoms with Gasteiger partial charge < -0.3 is 28.7 Å². The molecule has 0 N–H and O–H groups in total. The molecule has 7 saturated carbocycles. The highest BCUT2D eigenvalue weighted by Crippen LogP contribution is 2.78. The van der Waals surface area contributed by atoms with Crippen LogP contribution in [0.15, 0.2) is 60.7 Å². The quantitative estimate of drug-likeness (QED) is 0.282. The van der Waals surface area contributed by atoms with Crippen LogP contribution in [0.1, 0.15) is 103 Å². The van der Waals surface area contributed by atoms with Gasteiger partial charge in [-0.25, -0.2) is 0 Å². The minimum Gasteiger partial charge on any atom is -0.373 e. The van der Waals surface area contributed by atoms with E-state index in [0.29, 0.717) is 94.7 Å². The molecule has 7 aliphatic carbocycles. The van der Waals surface area contributed by atoms with Crippen LogP contribution >= 0.6 is 15.8 Å². The zero-order valence-electron chi connectivity index (χ0n) is 34.2. The fourth-order valence-corrected chi connectivity index (χ4v) is 28.1. The molecule has 24 unspecified atom stereocenters. The predicted octanol–water partition coefficient (Wildman–Crippen LogP) is 9.55. The summed E-state index contributed by atoms with van der Waals surface area (Å²) in [5.74, 6) is 3.06. The van der Waals surface area contributed by atoms with Gasteiger partial charge in [0, 0.05) is 57.4 Å². The number of nitrogens with zero attached hydrogens (tertiary/aromatic N) is 2. The summed E-state index contributed by atoms with van der Waals surface area (Å²) in [6.07, 6.45) is 24.4. The Balaban J connectivity index is 0.965. The fraction of sp³-hybridized carbons (Fsp3) is 0.760. The van der Waals surface area contributed by atoms with Crippen LogP contribution < -0.4 is 9.80 Å². The first-order valence-electron chi connectivity index (χ1n) is 24.6. The highest BCUT2D eigenvalue weighted by atomic mass is 31.1. The Morgan fingerprint density at radius 2 is 0.828 bits per heavy atom. The molecule has 24 atom stereocenters. The second kappa shape index (κ2) is 13.1. The number of fused-ring (bicyclic) bond motifs is 6. The van der Waals surface area contributed by atoms with Crippen LogP contribution in [0.5, 0.6) is 0 Å². The Kier molecular flexibility index (Phi) is 7.98. The smallest absolute Gasteiger partial charge is 0.0877 e. The van der Waals surface area contributed by atoms with Crippen molar-refractivity contribution in [3.63, 3.8) is 0 Å². The average molecular weight is 819 g/mol. The van der Waals surface area contributed by atoms with Crippen LogP contribution in [-0.2, 0) is 18.9 Å². The van der Waals surface area contributed by atoms with E-state index in [0.717, 1.165) is 23.7 Å². The fourth-order valence-electron chi connectivity index (χ4n) is 18.2. The van der Waals surface area contributed by atoms with Crippen molar-refractivity contribution in [3.05, 3.63) is 60.7 Å². The minimum atomic E-state index is -0.343. The van der Waals surface area contributed by atoms with E-state index in [4.69, 9.17) is 18.9 Å². The van der Waals surface area contributed by atoms with E-state index in [1.54, 1.807) is 0 Å². The van der Waals surface area contributed by atoms with Crippen molar-refractivity contribution < 1.29 is 18.9 Å². The van der Waals surface area contributed by atoms with Crippen LogP contribution in [0.25, 0.3) is 0 Å². The second-order valence-electron chi connectivity index (χ2n) is 21.7. The summed E-state index contributed by atoms with van der Waals surface area (Å²) in [6.45, 7) is 0. The monoisotopic (exact) mass is 818 g/mol. The second-order valence-corrected chi connectivity index (χ2v) is 27.1. The molecular weight excluding hydrogens is 755 g/mol. The summed E-state index contributed by atoms with van der Waals surface area (Å²) in [5, 5.41) is 0. The van der Waals surface area contributed by atoms with Crippen molar-refractivity contribution in [2.24, 2.45) is 23.7 Å². The van der Waals surface area contributed by atoms with E-state index in [2.05, 4.69) is 70.5 Å². The van der Waals surface area contributed by atoms with Crippen LogP contribution in [0.3, 0.4) is 0 Å². The highest BCUT2D eigenvalue weighted by molar-refractivity contribution is 7.61. The molecule has 6 aliphatic heterocycles. The minimum absolute atomic E-state index is 0.253. The van der Waals surface area contributed by atoms with Crippen molar-refractivity contribution in [1.82, 2.24) is 0 Å². The number of hydrogen-bond donors (Lipinski definition) is 0. The van der Waals surface area contributed by atoms with Gasteiger partial charge in [0.1, 0.15) is 0 Å². The molecule has 2 aromatic carbocycles. The third kappa shape index (κ3) is 4.63. The van der Waals surface area contributed by atoms with Crippen molar-refractivity contribution in [3.8, 4) is 0 Å². The van der Waals surface area contributed by atoms with Gasteiger partial charge in [0.25, 0.3) is 0 Å². The molecule has 13 fully saturated rings. The molecule has 58 heavy (non-hydrogen) atoms. The van der Waals surface area contributed by atoms with Crippen molar-refractivity contribution >= 4 is 27.2 Å². The lowest BCUT2D eigenvalue weighted by atomic mass is 9.67. The molecule has 2 aromatic rings. The van der Waals surface area contributed by atoms with Gasteiger partial charge in [-0.2, -0.15) is 0 Å². The molecule has 15 rings (SSSR count). The lowest BCUT2D eigenvalue weighted by molar-refractivity contribution is -0.195. The normalized spacial score (nSPS) is 56.2. The van der Waals surface area contributed by atoms with E-state index in [-0.39, 0.29) is 28.1 Å². The van der Waals surface area contributed by atoms with E-state index >= 15 is 0 Å². The van der Waals surface area contributed by atoms with Crippen LogP contribution in [-0.4, -0.2) is 107 Å². The summed E-state index contributed by atoms with van der Waals surface area (Å²) in [4.78, 5) is 6.15. The summed E-state index contributed by atoms with van der Waals surface area (Å²) < 4.78 is 31.9. The summed E-state index contributed by atoms with van der Waals surface area (Å²) in [7, 11) is -0.686. The van der Waals surface area contributed by atoms with Crippen molar-refractivity contribution in [2.75, 3.05) is 9.80 Å². The Morgan fingerprint density at radius 3 is 1.29 bits per heavy atom. The molecule has 0 aromatic heterocycles. The number of anilines is 2. The van der Waals surface area contributed by atoms with Crippen LogP contribution in [0, 0.1) is 23.7 Å². The van der Waals surface area contributed by atoms with Gasteiger partial charge in [-0.15, -0.1) is 0 Å². The van der Waals surface area contributed by atoms with Gasteiger partial charge in [-0.3, -0.25) is 0 Å². The van der Waals surface area contributed by atoms with Gasteiger partial charge >= 0.3 is 0 Å². The lowest BCUT2D eigenvalue weighted by Crippen LogP contribution is -2.85. The van der Waals surface area contributed by atoms with Gasteiger partial charge in [0.2, 0.25) is 0 Å². The summed E-state index contributed by atoms with van der Waals surface area (Å²) in [5.41, 5.74) is 6.43. The largest absolute Gasteiger partial charge is 0.373 e. The third-order valence-electron chi connectivity index (χ3n) is 19.7. The predicted molar refractivity (Wildman–Crippen MR) is 232 cm³/mol. The van der Waals surface area contributed by atoms with Gasteiger partial charge in [0.05, 0.1) is 60.9 Å². The van der Waals surface area contributed by atoms with Gasteiger partial charge in [0.15, 0.2) is 0 Å². The zero-order valence-corrected chi connectivity index (χ0v) is 36.0. The van der Waals surface area contributed by atoms with Crippen LogP contribution in [0.2, 0.25) is 0 Å². The number of hydrogen-bond acceptors (Lipinski definition) is 6. The van der Waals surface area contributed by atoms with Gasteiger partial charge in [-0.1, -0.05) is 77.9 Å². The molecule has 6 saturated heterocycles. The van der Waals surface area contributed by atoms with Gasteiger partial charge in [-0.05, 0) is 125 Å². The molecule has 8 heteroatoms. The Labute approximate surface area is 348 Å². The zero-order chi connectivity index (χ0) is 37.4. The first-order valence-corrected chi connectivity index (χ1v) is 27.7. The first kappa shape index (κ1) is 35.2. The molecular formula is C50H64N2O4P2. The standard InChI is InChI=1S/C50H64N2O4P2/c1-3-15-29(16-4-1)51-33-21-11-23-35-45(33)57-47-38(26-28-14-8-9-19-31(28)41(47)53-35)56-44-40-50-43(39(51)49(44)57)55-37-25-27-13-7-10-20-32(27)42-48(37)58(50)46-34(22-12-24-36(46)54-42)52(40)30-17-5-2-6-18-30/h1-6,15-18,27-28,31-50H,7-14,19-26H2. The maximum atomic E-state index is 8.26. The summed E-state index contributed by atoms with van der Waals surface area (Å²) >= 11 is 0. The topological polar surface area (TPSA) is 43.4 Å². The van der Waals surface area contributed by atoms with Crippen LogP contribution in [0.4, 0.5) is 11.4 Å². The maximum absolute atomic E-state index is 8.26. The first-order chi connectivity index (χ1) is 28.8. The molecule has 308 valence electrons. The highest BCUT2D eigenvalue weighted by Gasteiger charge is 2.77. The Hall–Kier alpha value is -1.26. The lowest BCUT2D eigenvalue weighted by Gasteiger charge is -2.77. The Morgan fingerprint density at radius 1 is 0.397 bits per heavy atom. The SMILES string of the molecule is c1ccc(N2C3CCCC4OC5C6CCCCC6CC6OC7C8C9C(OC%10CC%11CCCCC%11C%11OC%12CCCC(C%12P9C%10%11)N8c8ccccc8)C2C7P(C65)C43)cc1. The molecule has 0 spiro atoms. The summed E-state index contributed by atoms with van der Waals surface area (Å²) in [6, 6.07) is 25.5. The van der Waals surface area contributed by atoms with E-state index < -0.39 is 0 Å².